The Morgan fingerprint density at radius 1 is 1.10 bits per heavy atom. The number of aromatic nitrogens is 6. The smallest absolute Gasteiger partial charge is 0.410 e. The first-order valence-electron chi connectivity index (χ1n) is 17.6. The lowest BCUT2D eigenvalue weighted by Crippen LogP contribution is -2.50. The Morgan fingerprint density at radius 3 is 2.41 bits per heavy atom. The second kappa shape index (κ2) is 13.3. The zero-order valence-electron chi connectivity index (χ0n) is 31.2. The Hall–Kier alpha value is -4.35. The van der Waals surface area contributed by atoms with E-state index in [1.165, 1.54) is 18.5 Å². The molecule has 1 aliphatic carbocycles. The number of pyridine rings is 2. The Morgan fingerprint density at radius 2 is 1.80 bits per heavy atom. The number of nitrogens with zero attached hydrogens (tertiary/aromatic N) is 8. The van der Waals surface area contributed by atoms with Crippen molar-refractivity contribution in [1.29, 1.82) is 5.26 Å². The molecule has 0 radical (unpaired) electrons. The fourth-order valence-corrected chi connectivity index (χ4v) is 7.75. The summed E-state index contributed by atoms with van der Waals surface area (Å²) in [5.41, 5.74) is 3.35. The summed E-state index contributed by atoms with van der Waals surface area (Å²) in [7, 11) is -2.19. The van der Waals surface area contributed by atoms with E-state index in [1.54, 1.807) is 10.5 Å². The number of piperidine rings is 1. The van der Waals surface area contributed by atoms with Crippen LogP contribution < -0.4 is 4.74 Å². The third-order valence-electron chi connectivity index (χ3n) is 10.8. The van der Waals surface area contributed by atoms with Crippen molar-refractivity contribution < 1.29 is 23.1 Å². The Kier molecular flexibility index (Phi) is 9.52. The number of hydrogen-bond donors (Lipinski definition) is 0. The number of ether oxygens (including phenoxy) is 2. The molecule has 1 saturated carbocycles. The van der Waals surface area contributed by atoms with Gasteiger partial charge in [-0.3, -0.25) is 9.38 Å². The molecule has 1 saturated heterocycles. The molecule has 14 heteroatoms. The van der Waals surface area contributed by atoms with Crippen LogP contribution in [0.15, 0.2) is 36.7 Å². The van der Waals surface area contributed by atoms with E-state index in [9.17, 15) is 14.4 Å². The maximum atomic E-state index is 13.9. The molecule has 0 bridgehead atoms. The highest BCUT2D eigenvalue weighted by atomic mass is 28.4. The molecular weight excluding hydrogens is 668 g/mol. The Balaban J connectivity index is 1.25. The quantitative estimate of drug-likeness (QED) is 0.168. The van der Waals surface area contributed by atoms with Gasteiger partial charge in [0.05, 0.1) is 36.4 Å². The molecule has 51 heavy (non-hydrogen) atoms. The summed E-state index contributed by atoms with van der Waals surface area (Å²) < 4.78 is 36.4. The minimum absolute atomic E-state index is 0.0415. The molecule has 5 heterocycles. The van der Waals surface area contributed by atoms with Crippen LogP contribution in [0.3, 0.4) is 0 Å². The van der Waals surface area contributed by atoms with Gasteiger partial charge in [-0.1, -0.05) is 26.0 Å². The second-order valence-corrected chi connectivity index (χ2v) is 21.4. The molecule has 1 atom stereocenters. The van der Waals surface area contributed by atoms with Crippen molar-refractivity contribution >= 4 is 20.1 Å². The molecule has 1 spiro atoms. The highest BCUT2D eigenvalue weighted by Gasteiger charge is 2.48. The van der Waals surface area contributed by atoms with Crippen LogP contribution in [-0.2, 0) is 9.16 Å². The summed E-state index contributed by atoms with van der Waals surface area (Å²) in [4.78, 5) is 23.3. The summed E-state index contributed by atoms with van der Waals surface area (Å²) in [5, 5.41) is 19.1. The van der Waals surface area contributed by atoms with Crippen LogP contribution in [-0.4, -0.2) is 74.0 Å². The fourth-order valence-electron chi connectivity index (χ4n) is 6.75. The van der Waals surface area contributed by atoms with E-state index >= 15 is 0 Å². The number of likely N-dealkylation sites (tertiary alicyclic amines) is 1. The van der Waals surface area contributed by atoms with Crippen molar-refractivity contribution in [2.24, 2.45) is 5.41 Å². The largest absolute Gasteiger partial charge is 0.466 e. The molecule has 1 unspecified atom stereocenters. The Bertz CT molecular complexity index is 1940. The molecule has 6 rings (SSSR count). The highest BCUT2D eigenvalue weighted by Crippen LogP contribution is 2.55. The molecule has 12 nitrogen and oxygen atoms in total. The monoisotopic (exact) mass is 716 g/mol. The van der Waals surface area contributed by atoms with Crippen LogP contribution >= 0.6 is 0 Å². The van der Waals surface area contributed by atoms with Crippen LogP contribution in [0.25, 0.3) is 16.9 Å². The molecule has 1 aliphatic heterocycles. The number of fused-ring (bicyclic) bond motifs is 1. The van der Waals surface area contributed by atoms with Crippen molar-refractivity contribution in [1.82, 2.24) is 34.3 Å². The molecule has 272 valence electrons. The van der Waals surface area contributed by atoms with Gasteiger partial charge in [-0.05, 0) is 95.1 Å². The number of halogens is 1. The standard InChI is InChI=1S/C37H49FN8O4Si/c1-24-33(42-43-46(24)27-18-37(19-27)12-14-44(15-13-37)34(47)50-35(2,3)4)25-16-31-41-22-28(20-39)45(31)32(17-25)49-30(29-11-10-26(38)21-40-29)23-48-51(8,9)36(5,6)7/h10-11,16-17,21-22,27,30H,12-15,18-19,23H2,1-9H3. The van der Waals surface area contributed by atoms with Crippen molar-refractivity contribution in [2.45, 2.75) is 110 Å². The van der Waals surface area contributed by atoms with Gasteiger partial charge in [-0.2, -0.15) is 5.26 Å². The van der Waals surface area contributed by atoms with E-state index < -0.39 is 25.8 Å². The van der Waals surface area contributed by atoms with Crippen LogP contribution in [0.5, 0.6) is 5.88 Å². The lowest BCUT2D eigenvalue weighted by molar-refractivity contribution is -0.0265. The molecule has 4 aromatic rings. The van der Waals surface area contributed by atoms with Crippen molar-refractivity contribution in [2.75, 3.05) is 19.7 Å². The predicted molar refractivity (Wildman–Crippen MR) is 192 cm³/mol. The molecule has 0 N–H and O–H groups in total. The molecule has 1 amide bonds. The van der Waals surface area contributed by atoms with Crippen LogP contribution in [0.4, 0.5) is 9.18 Å². The van der Waals surface area contributed by atoms with Crippen LogP contribution in [0, 0.1) is 29.5 Å². The summed E-state index contributed by atoms with van der Waals surface area (Å²) in [6.45, 7) is 20.1. The van der Waals surface area contributed by atoms with Crippen LogP contribution in [0.2, 0.25) is 18.1 Å². The fraction of sp³-hybridized carbons (Fsp3) is 0.568. The maximum absolute atomic E-state index is 13.9. The third kappa shape index (κ3) is 7.50. The van der Waals surface area contributed by atoms with Crippen molar-refractivity contribution in [3.63, 3.8) is 0 Å². The van der Waals surface area contributed by atoms with E-state index in [-0.39, 0.29) is 29.2 Å². The van der Waals surface area contributed by atoms with Gasteiger partial charge >= 0.3 is 6.09 Å². The zero-order chi connectivity index (χ0) is 36.9. The van der Waals surface area contributed by atoms with Gasteiger partial charge in [0.1, 0.15) is 34.5 Å². The number of imidazole rings is 1. The minimum atomic E-state index is -2.19. The number of carbonyl (C=O) groups is 1. The van der Waals surface area contributed by atoms with E-state index in [4.69, 9.17) is 13.9 Å². The van der Waals surface area contributed by atoms with E-state index in [2.05, 4.69) is 60.2 Å². The Labute approximate surface area is 300 Å². The number of carbonyl (C=O) groups excluding carboxylic acids is 1. The predicted octanol–water partition coefficient (Wildman–Crippen LogP) is 7.80. The van der Waals surface area contributed by atoms with Gasteiger partial charge < -0.3 is 18.8 Å². The first-order valence-corrected chi connectivity index (χ1v) is 20.5. The van der Waals surface area contributed by atoms with Gasteiger partial charge in [0.15, 0.2) is 14.4 Å². The molecule has 2 fully saturated rings. The first kappa shape index (κ1) is 36.4. The lowest BCUT2D eigenvalue weighted by Gasteiger charge is -2.52. The second-order valence-electron chi connectivity index (χ2n) is 16.6. The van der Waals surface area contributed by atoms with Gasteiger partial charge in [0.25, 0.3) is 0 Å². The number of nitriles is 1. The number of hydrogen-bond acceptors (Lipinski definition) is 9. The summed E-state index contributed by atoms with van der Waals surface area (Å²) in [6.07, 6.45) is 5.55. The summed E-state index contributed by atoms with van der Waals surface area (Å²) in [5.74, 6) is -0.0874. The zero-order valence-corrected chi connectivity index (χ0v) is 32.2. The van der Waals surface area contributed by atoms with Gasteiger partial charge in [0.2, 0.25) is 5.88 Å². The number of rotatable bonds is 8. The normalized spacial score (nSPS) is 17.3. The number of amides is 1. The average molecular weight is 717 g/mol. The minimum Gasteiger partial charge on any atom is -0.466 e. The van der Waals surface area contributed by atoms with E-state index in [0.29, 0.717) is 41.7 Å². The highest BCUT2D eigenvalue weighted by molar-refractivity contribution is 6.74. The van der Waals surface area contributed by atoms with Gasteiger partial charge in [-0.15, -0.1) is 5.10 Å². The topological polar surface area (TPSA) is 133 Å². The third-order valence-corrected chi connectivity index (χ3v) is 15.3. The maximum Gasteiger partial charge on any atom is 0.410 e. The van der Waals surface area contributed by atoms with E-state index in [0.717, 1.165) is 36.9 Å². The summed E-state index contributed by atoms with van der Waals surface area (Å²) >= 11 is 0. The molecular formula is C37H49FN8O4Si. The first-order chi connectivity index (χ1) is 23.9. The lowest BCUT2D eigenvalue weighted by atomic mass is 9.60. The van der Waals surface area contributed by atoms with E-state index in [1.807, 2.05) is 49.4 Å². The molecule has 2 aliphatic rings. The van der Waals surface area contributed by atoms with Crippen molar-refractivity contribution in [3.8, 4) is 23.2 Å². The van der Waals surface area contributed by atoms with Gasteiger partial charge in [0, 0.05) is 24.7 Å². The van der Waals surface area contributed by atoms with Crippen LogP contribution in [0.1, 0.15) is 96.5 Å². The average Bonchev–Trinajstić information content (AvgIpc) is 3.64. The molecule has 0 aromatic carbocycles. The van der Waals surface area contributed by atoms with Crippen molar-refractivity contribution in [3.05, 3.63) is 59.6 Å². The van der Waals surface area contributed by atoms with Gasteiger partial charge in [-0.25, -0.2) is 18.9 Å². The summed E-state index contributed by atoms with van der Waals surface area (Å²) in [6, 6.07) is 9.08. The SMILES string of the molecule is Cc1c(-c2cc(OC(CO[Si](C)(C)C(C)(C)C)c3ccc(F)cn3)n3c(C#N)cnc3c2)nnn1C1CC2(CCN(C(=O)OC(C)(C)C)CC2)C1. The molecule has 4 aromatic heterocycles.